The largest absolute Gasteiger partial charge is 0.475 e. The van der Waals surface area contributed by atoms with Gasteiger partial charge in [0.15, 0.2) is 5.78 Å². The van der Waals surface area contributed by atoms with Gasteiger partial charge in [0.05, 0.1) is 11.6 Å². The van der Waals surface area contributed by atoms with Crippen LogP contribution in [0.4, 0.5) is 0 Å². The highest BCUT2D eigenvalue weighted by Gasteiger charge is 2.31. The summed E-state index contributed by atoms with van der Waals surface area (Å²) in [6, 6.07) is 10.1. The minimum atomic E-state index is -1.72. The molecule has 1 aromatic heterocycles. The Bertz CT molecular complexity index is 1040. The zero-order valence-corrected chi connectivity index (χ0v) is 21.3. The number of rotatable bonds is 5. The zero-order chi connectivity index (χ0) is 26.1. The molecule has 1 aromatic carbocycles. The van der Waals surface area contributed by atoms with Crippen LogP contribution >= 0.6 is 0 Å². The predicted molar refractivity (Wildman–Crippen MR) is 140 cm³/mol. The van der Waals surface area contributed by atoms with Gasteiger partial charge in [-0.25, -0.2) is 0 Å². The summed E-state index contributed by atoms with van der Waals surface area (Å²) in [6.07, 6.45) is 6.83. The average molecular weight is 495 g/mol. The summed E-state index contributed by atoms with van der Waals surface area (Å²) in [5.41, 5.74) is 2.69. The van der Waals surface area contributed by atoms with Gasteiger partial charge in [-0.1, -0.05) is 57.4 Å². The number of aromatic nitrogens is 1. The molecule has 2 atom stereocenters. The Balaban J connectivity index is 1.89. The second kappa shape index (κ2) is 13.4. The highest BCUT2D eigenvalue weighted by atomic mass is 16.4. The third-order valence-electron chi connectivity index (χ3n) is 6.66. The number of carbonyl (C=O) groups is 3. The first kappa shape index (κ1) is 27.7. The van der Waals surface area contributed by atoms with Crippen LogP contribution in [0, 0.1) is 5.92 Å². The summed E-state index contributed by atoms with van der Waals surface area (Å²) in [5.74, 6) is -1.75. The van der Waals surface area contributed by atoms with Crippen molar-refractivity contribution in [2.75, 3.05) is 0 Å². The van der Waals surface area contributed by atoms with Crippen LogP contribution in [0.3, 0.4) is 0 Å². The van der Waals surface area contributed by atoms with Crippen molar-refractivity contribution in [3.8, 4) is 0 Å². The molecule has 0 fully saturated rings. The monoisotopic (exact) mass is 495 g/mol. The van der Waals surface area contributed by atoms with Crippen molar-refractivity contribution in [2.24, 2.45) is 5.92 Å². The lowest BCUT2D eigenvalue weighted by atomic mass is 9.75. The lowest BCUT2D eigenvalue weighted by molar-refractivity contribution is -0.123. The summed E-state index contributed by atoms with van der Waals surface area (Å²) in [5, 5.41) is 25.1. The molecule has 0 saturated heterocycles. The minimum Gasteiger partial charge on any atom is -0.426 e. The Hall–Kier alpha value is -2.91. The van der Waals surface area contributed by atoms with Gasteiger partial charge in [0.1, 0.15) is 11.7 Å². The molecule has 2 aromatic rings. The molecule has 194 valence electrons. The van der Waals surface area contributed by atoms with Gasteiger partial charge in [-0.05, 0) is 54.9 Å². The van der Waals surface area contributed by atoms with Gasteiger partial charge >= 0.3 is 7.12 Å². The Morgan fingerprint density at radius 1 is 0.972 bits per heavy atom. The number of amides is 2. The topological polar surface area (TPSA) is 132 Å². The van der Waals surface area contributed by atoms with Crippen molar-refractivity contribution < 1.29 is 24.4 Å². The Morgan fingerprint density at radius 2 is 1.61 bits per heavy atom. The molecule has 9 heteroatoms. The highest BCUT2D eigenvalue weighted by Crippen LogP contribution is 2.18. The molecule has 36 heavy (non-hydrogen) atoms. The van der Waals surface area contributed by atoms with E-state index in [9.17, 15) is 24.4 Å². The van der Waals surface area contributed by atoms with Crippen molar-refractivity contribution in [1.29, 1.82) is 0 Å². The molecular formula is C27H38BN3O5. The smallest absolute Gasteiger partial charge is 0.426 e. The van der Waals surface area contributed by atoms with Crippen LogP contribution in [0.15, 0.2) is 36.4 Å². The van der Waals surface area contributed by atoms with Crippen LogP contribution < -0.4 is 10.6 Å². The number of fused-ring (bicyclic) bond motifs is 3. The molecule has 0 spiro atoms. The molecule has 1 aliphatic rings. The van der Waals surface area contributed by atoms with Crippen LogP contribution in [-0.2, 0) is 17.6 Å². The number of hydrogen-bond acceptors (Lipinski definition) is 5. The average Bonchev–Trinajstić information content (AvgIpc) is 3.33. The predicted octanol–water partition coefficient (Wildman–Crippen LogP) is 2.98. The quantitative estimate of drug-likeness (QED) is 0.407. The molecule has 3 rings (SSSR count). The van der Waals surface area contributed by atoms with E-state index in [1.807, 2.05) is 32.0 Å². The van der Waals surface area contributed by atoms with E-state index < -0.39 is 30.9 Å². The molecule has 2 unspecified atom stereocenters. The third kappa shape index (κ3) is 8.06. The van der Waals surface area contributed by atoms with Crippen LogP contribution in [0.25, 0.3) is 0 Å². The molecule has 0 radical (unpaired) electrons. The summed E-state index contributed by atoms with van der Waals surface area (Å²) >= 11 is 0. The molecule has 8 nitrogen and oxygen atoms in total. The van der Waals surface area contributed by atoms with Crippen LogP contribution in [-0.4, -0.2) is 51.7 Å². The number of H-pyrrole nitrogens is 1. The molecule has 2 bridgehead atoms. The van der Waals surface area contributed by atoms with Crippen LogP contribution in [0.5, 0.6) is 0 Å². The van der Waals surface area contributed by atoms with E-state index in [-0.39, 0.29) is 23.8 Å². The fourth-order valence-corrected chi connectivity index (χ4v) is 4.67. The van der Waals surface area contributed by atoms with Crippen molar-refractivity contribution in [2.45, 2.75) is 83.6 Å². The molecule has 1 aliphatic heterocycles. The van der Waals surface area contributed by atoms with Crippen molar-refractivity contribution in [3.05, 3.63) is 58.9 Å². The maximum Gasteiger partial charge on any atom is 0.475 e. The van der Waals surface area contributed by atoms with Crippen molar-refractivity contribution >= 4 is 24.7 Å². The number of aromatic amines is 1. The molecule has 2 amide bonds. The number of hydrogen-bond donors (Lipinski definition) is 5. The van der Waals surface area contributed by atoms with Gasteiger partial charge in [-0.15, -0.1) is 0 Å². The van der Waals surface area contributed by atoms with E-state index in [0.29, 0.717) is 18.5 Å². The summed E-state index contributed by atoms with van der Waals surface area (Å²) in [4.78, 5) is 41.8. The molecule has 0 saturated carbocycles. The fourth-order valence-electron chi connectivity index (χ4n) is 4.67. The van der Waals surface area contributed by atoms with E-state index in [0.717, 1.165) is 49.7 Å². The summed E-state index contributed by atoms with van der Waals surface area (Å²) < 4.78 is 0. The maximum atomic E-state index is 13.3. The molecule has 5 N–H and O–H groups in total. The lowest BCUT2D eigenvalue weighted by Crippen LogP contribution is -2.55. The van der Waals surface area contributed by atoms with Crippen molar-refractivity contribution in [3.63, 3.8) is 0 Å². The first-order valence-corrected chi connectivity index (χ1v) is 13.0. The van der Waals surface area contributed by atoms with Crippen LogP contribution in [0.2, 0.25) is 0 Å². The fraction of sp³-hybridized carbons (Fsp3) is 0.519. The Kier molecular flexibility index (Phi) is 10.3. The second-order valence-corrected chi connectivity index (χ2v) is 10.1. The minimum absolute atomic E-state index is 0.0338. The van der Waals surface area contributed by atoms with Gasteiger partial charge in [0.25, 0.3) is 5.91 Å². The number of Topliss-reactive ketones (excluding diaryl/α,β-unsaturated/α-hetero) is 1. The number of benzene rings is 1. The number of aryl methyl sites for hydroxylation is 1. The van der Waals surface area contributed by atoms with Crippen LogP contribution in [0.1, 0.15) is 90.9 Å². The standard InChI is InChI=1S/C27H38BN3O5/c1-18(2)16-25(28(35)36)31-27(34)23-17-20-12-9-8-11-19(20)10-6-4-3-5-7-13-24(32)21-14-15-22(29-21)26(33)30-23/h8-9,11-12,14-15,18,23,25,29,35-36H,3-7,10,13,16-17H2,1-2H3,(H,30,33)(H,31,34). The van der Waals surface area contributed by atoms with E-state index >= 15 is 0 Å². The third-order valence-corrected chi connectivity index (χ3v) is 6.66. The van der Waals surface area contributed by atoms with E-state index in [2.05, 4.69) is 21.7 Å². The molecule has 2 heterocycles. The van der Waals surface area contributed by atoms with Gasteiger partial charge in [-0.2, -0.15) is 0 Å². The summed E-state index contributed by atoms with van der Waals surface area (Å²) in [6.45, 7) is 3.86. The molecule has 0 aliphatic carbocycles. The second-order valence-electron chi connectivity index (χ2n) is 10.1. The summed E-state index contributed by atoms with van der Waals surface area (Å²) in [7, 11) is -1.72. The highest BCUT2D eigenvalue weighted by molar-refractivity contribution is 6.43. The number of carbonyl (C=O) groups excluding carboxylic acids is 3. The van der Waals surface area contributed by atoms with Gasteiger partial charge in [0.2, 0.25) is 5.91 Å². The van der Waals surface area contributed by atoms with Gasteiger partial charge < -0.3 is 25.7 Å². The lowest BCUT2D eigenvalue weighted by Gasteiger charge is -2.25. The van der Waals surface area contributed by atoms with Gasteiger partial charge in [0, 0.05) is 12.8 Å². The number of nitrogens with one attached hydrogen (secondary N) is 3. The van der Waals surface area contributed by atoms with Gasteiger partial charge in [-0.3, -0.25) is 14.4 Å². The van der Waals surface area contributed by atoms with E-state index in [1.54, 1.807) is 12.1 Å². The van der Waals surface area contributed by atoms with E-state index in [4.69, 9.17) is 0 Å². The SMILES string of the molecule is CC(C)CC(NC(=O)C1Cc2ccccc2CCCCCCCC(=O)c2ccc([nH]2)C(=O)N1)B(O)O. The molecular weight excluding hydrogens is 457 g/mol. The normalized spacial score (nSPS) is 18.6. The number of ketones is 1. The Labute approximate surface area is 213 Å². The Morgan fingerprint density at radius 3 is 2.31 bits per heavy atom. The van der Waals surface area contributed by atoms with E-state index in [1.165, 1.54) is 0 Å². The maximum absolute atomic E-state index is 13.3. The zero-order valence-electron chi connectivity index (χ0n) is 21.3. The first-order chi connectivity index (χ1) is 17.2. The van der Waals surface area contributed by atoms with Crippen molar-refractivity contribution in [1.82, 2.24) is 15.6 Å². The first-order valence-electron chi connectivity index (χ1n) is 13.0.